The molecule has 1 amide bonds. The number of methoxy groups -OCH3 is 1. The van der Waals surface area contributed by atoms with Crippen LogP contribution in [0.3, 0.4) is 0 Å². The molecule has 0 unspecified atom stereocenters. The first kappa shape index (κ1) is 14.5. The zero-order valence-electron chi connectivity index (χ0n) is 11.5. The number of rotatable bonds is 5. The number of benzene rings is 1. The van der Waals surface area contributed by atoms with Gasteiger partial charge in [-0.2, -0.15) is 12.6 Å². The second-order valence-corrected chi connectivity index (χ2v) is 4.76. The predicted octanol–water partition coefficient (Wildman–Crippen LogP) is 2.92. The van der Waals surface area contributed by atoms with E-state index in [1.165, 1.54) is 0 Å². The number of carbonyl (C=O) groups is 1. The minimum Gasteiger partial charge on any atom is -0.497 e. The maximum Gasteiger partial charge on any atom is 0.255 e. The van der Waals surface area contributed by atoms with Gasteiger partial charge in [-0.05, 0) is 37.3 Å². The number of nitrogens with one attached hydrogen (secondary N) is 1. The molecule has 5 heteroatoms. The van der Waals surface area contributed by atoms with Gasteiger partial charge < -0.3 is 14.5 Å². The van der Waals surface area contributed by atoms with Crippen molar-refractivity contribution in [2.45, 2.75) is 6.92 Å². The van der Waals surface area contributed by atoms with Gasteiger partial charge in [0.25, 0.3) is 5.91 Å². The topological polar surface area (TPSA) is 51.5 Å². The number of aryl methyl sites for hydroxylation is 1. The summed E-state index contributed by atoms with van der Waals surface area (Å²) in [4.78, 5) is 12.1. The van der Waals surface area contributed by atoms with Crippen molar-refractivity contribution in [3.05, 3.63) is 41.7 Å². The van der Waals surface area contributed by atoms with E-state index in [-0.39, 0.29) is 5.91 Å². The Morgan fingerprint density at radius 1 is 1.35 bits per heavy atom. The van der Waals surface area contributed by atoms with E-state index >= 15 is 0 Å². The lowest BCUT2D eigenvalue weighted by Crippen LogP contribution is -2.25. The average Bonchev–Trinajstić information content (AvgIpc) is 2.87. The molecule has 0 aliphatic carbocycles. The summed E-state index contributed by atoms with van der Waals surface area (Å²) in [5, 5.41) is 2.79. The largest absolute Gasteiger partial charge is 0.497 e. The van der Waals surface area contributed by atoms with Crippen LogP contribution in [0.15, 0.2) is 34.7 Å². The van der Waals surface area contributed by atoms with Crippen molar-refractivity contribution >= 4 is 18.5 Å². The summed E-state index contributed by atoms with van der Waals surface area (Å²) in [5.41, 5.74) is 1.38. The molecule has 4 nitrogen and oxygen atoms in total. The van der Waals surface area contributed by atoms with Gasteiger partial charge in [-0.15, -0.1) is 0 Å². The smallest absolute Gasteiger partial charge is 0.255 e. The monoisotopic (exact) mass is 291 g/mol. The van der Waals surface area contributed by atoms with Crippen LogP contribution < -0.4 is 10.1 Å². The Kier molecular flexibility index (Phi) is 4.74. The number of furan rings is 1. The molecule has 1 heterocycles. The maximum atomic E-state index is 12.1. The summed E-state index contributed by atoms with van der Waals surface area (Å²) in [6.07, 6.45) is 0. The molecule has 0 radical (unpaired) electrons. The van der Waals surface area contributed by atoms with Gasteiger partial charge in [-0.1, -0.05) is 0 Å². The molecule has 2 rings (SSSR count). The van der Waals surface area contributed by atoms with Gasteiger partial charge in [0.05, 0.1) is 12.7 Å². The average molecular weight is 291 g/mol. The SMILES string of the molecule is COc1ccc(-c2oc(C)cc2C(=O)NCCS)cc1. The molecule has 0 saturated carbocycles. The van der Waals surface area contributed by atoms with E-state index in [4.69, 9.17) is 9.15 Å². The lowest BCUT2D eigenvalue weighted by molar-refractivity contribution is 0.0956. The third-order valence-electron chi connectivity index (χ3n) is 2.85. The van der Waals surface area contributed by atoms with Crippen molar-refractivity contribution in [3.8, 4) is 17.1 Å². The van der Waals surface area contributed by atoms with Crippen LogP contribution in [0.5, 0.6) is 5.75 Å². The Bertz CT molecular complexity index is 590. The highest BCUT2D eigenvalue weighted by molar-refractivity contribution is 7.80. The number of carbonyl (C=O) groups excluding carboxylic acids is 1. The molecule has 20 heavy (non-hydrogen) atoms. The summed E-state index contributed by atoms with van der Waals surface area (Å²) < 4.78 is 10.8. The number of hydrogen-bond donors (Lipinski definition) is 2. The summed E-state index contributed by atoms with van der Waals surface area (Å²) in [5.74, 6) is 2.48. The first-order chi connectivity index (χ1) is 9.65. The molecular weight excluding hydrogens is 274 g/mol. The number of thiol groups is 1. The molecule has 1 aromatic heterocycles. The Balaban J connectivity index is 2.33. The third kappa shape index (κ3) is 3.17. The van der Waals surface area contributed by atoms with Gasteiger partial charge in [0, 0.05) is 17.9 Å². The third-order valence-corrected chi connectivity index (χ3v) is 3.07. The van der Waals surface area contributed by atoms with Crippen LogP contribution in [0.25, 0.3) is 11.3 Å². The van der Waals surface area contributed by atoms with Gasteiger partial charge in [-0.3, -0.25) is 4.79 Å². The second-order valence-electron chi connectivity index (χ2n) is 4.31. The zero-order chi connectivity index (χ0) is 14.5. The number of amides is 1. The fourth-order valence-electron chi connectivity index (χ4n) is 1.90. The van der Waals surface area contributed by atoms with Crippen molar-refractivity contribution in [1.29, 1.82) is 0 Å². The van der Waals surface area contributed by atoms with Crippen LogP contribution >= 0.6 is 12.6 Å². The van der Waals surface area contributed by atoms with E-state index in [2.05, 4.69) is 17.9 Å². The molecule has 0 fully saturated rings. The molecule has 1 aromatic carbocycles. The first-order valence-electron chi connectivity index (χ1n) is 6.29. The Morgan fingerprint density at radius 3 is 2.65 bits per heavy atom. The predicted molar refractivity (Wildman–Crippen MR) is 81.6 cm³/mol. The highest BCUT2D eigenvalue weighted by atomic mass is 32.1. The number of ether oxygens (including phenoxy) is 1. The molecule has 0 aliphatic rings. The van der Waals surface area contributed by atoms with Gasteiger partial charge in [0.1, 0.15) is 17.3 Å². The maximum absolute atomic E-state index is 12.1. The highest BCUT2D eigenvalue weighted by Gasteiger charge is 2.17. The second kappa shape index (κ2) is 6.52. The Hall–Kier alpha value is -1.88. The lowest BCUT2D eigenvalue weighted by atomic mass is 10.1. The van der Waals surface area contributed by atoms with Gasteiger partial charge in [0.2, 0.25) is 0 Å². The van der Waals surface area contributed by atoms with Crippen molar-refractivity contribution in [2.24, 2.45) is 0 Å². The first-order valence-corrected chi connectivity index (χ1v) is 6.93. The van der Waals surface area contributed by atoms with Crippen LogP contribution in [0.4, 0.5) is 0 Å². The highest BCUT2D eigenvalue weighted by Crippen LogP contribution is 2.28. The molecule has 1 N–H and O–H groups in total. The molecule has 0 spiro atoms. The van der Waals surface area contributed by atoms with E-state index in [9.17, 15) is 4.79 Å². The zero-order valence-corrected chi connectivity index (χ0v) is 12.4. The van der Waals surface area contributed by atoms with E-state index in [0.29, 0.717) is 29.4 Å². The van der Waals surface area contributed by atoms with Crippen molar-refractivity contribution in [1.82, 2.24) is 5.32 Å². The fourth-order valence-corrected chi connectivity index (χ4v) is 2.02. The lowest BCUT2D eigenvalue weighted by Gasteiger charge is -2.05. The Labute approximate surface area is 123 Å². The van der Waals surface area contributed by atoms with Crippen LogP contribution in [0.2, 0.25) is 0 Å². The fraction of sp³-hybridized carbons (Fsp3) is 0.267. The van der Waals surface area contributed by atoms with E-state index in [0.717, 1.165) is 11.3 Å². The molecule has 106 valence electrons. The molecule has 0 bridgehead atoms. The van der Waals surface area contributed by atoms with Gasteiger partial charge in [0.15, 0.2) is 0 Å². The normalized spacial score (nSPS) is 10.3. The van der Waals surface area contributed by atoms with E-state index in [1.54, 1.807) is 13.2 Å². The van der Waals surface area contributed by atoms with Crippen molar-refractivity contribution in [3.63, 3.8) is 0 Å². The molecule has 0 aliphatic heterocycles. The summed E-state index contributed by atoms with van der Waals surface area (Å²) in [7, 11) is 1.61. The summed E-state index contributed by atoms with van der Waals surface area (Å²) >= 11 is 4.08. The molecule has 2 aromatic rings. The van der Waals surface area contributed by atoms with Crippen molar-refractivity contribution in [2.75, 3.05) is 19.4 Å². The quantitative estimate of drug-likeness (QED) is 0.833. The Morgan fingerprint density at radius 2 is 2.05 bits per heavy atom. The molecule has 0 saturated heterocycles. The van der Waals surface area contributed by atoms with Gasteiger partial charge in [-0.25, -0.2) is 0 Å². The molecule has 0 atom stereocenters. The minimum absolute atomic E-state index is 0.151. The van der Waals surface area contributed by atoms with Crippen LogP contribution in [0.1, 0.15) is 16.1 Å². The summed E-state index contributed by atoms with van der Waals surface area (Å²) in [6, 6.07) is 9.15. The van der Waals surface area contributed by atoms with Gasteiger partial charge >= 0.3 is 0 Å². The van der Waals surface area contributed by atoms with Crippen LogP contribution in [0, 0.1) is 6.92 Å². The summed E-state index contributed by atoms with van der Waals surface area (Å²) in [6.45, 7) is 2.34. The number of hydrogen-bond acceptors (Lipinski definition) is 4. The van der Waals surface area contributed by atoms with Crippen LogP contribution in [-0.4, -0.2) is 25.3 Å². The molecular formula is C15H17NO3S. The van der Waals surface area contributed by atoms with E-state index < -0.39 is 0 Å². The van der Waals surface area contributed by atoms with Crippen molar-refractivity contribution < 1.29 is 13.9 Å². The minimum atomic E-state index is -0.151. The van der Waals surface area contributed by atoms with Crippen LogP contribution in [-0.2, 0) is 0 Å². The van der Waals surface area contributed by atoms with E-state index in [1.807, 2.05) is 31.2 Å². The standard InChI is InChI=1S/C15H17NO3S/c1-10-9-13(15(17)16-7-8-20)14(19-10)11-3-5-12(18-2)6-4-11/h3-6,9,20H,7-8H2,1-2H3,(H,16,17).